The zero-order valence-corrected chi connectivity index (χ0v) is 15.1. The second kappa shape index (κ2) is 8.63. The van der Waals surface area contributed by atoms with E-state index in [2.05, 4.69) is 27.7 Å². The smallest absolute Gasteiger partial charge is 0.237 e. The molecule has 1 fully saturated rings. The molecule has 1 saturated heterocycles. The minimum atomic E-state index is -0.103. The molecule has 2 aromatic rings. The first-order chi connectivity index (χ1) is 12.6. The van der Waals surface area contributed by atoms with E-state index in [1.807, 2.05) is 42.5 Å². The molecule has 1 aliphatic rings. The Labute approximate surface area is 154 Å². The van der Waals surface area contributed by atoms with Gasteiger partial charge in [0.1, 0.15) is 0 Å². The molecule has 0 radical (unpaired) electrons. The second-order valence-electron chi connectivity index (χ2n) is 6.71. The van der Waals surface area contributed by atoms with Crippen molar-refractivity contribution in [2.24, 2.45) is 0 Å². The third kappa shape index (κ3) is 4.92. The highest BCUT2D eigenvalue weighted by atomic mass is 16.2. The monoisotopic (exact) mass is 351 g/mol. The molecular formula is C21H25N3O2. The molecule has 136 valence electrons. The molecule has 0 aliphatic carbocycles. The van der Waals surface area contributed by atoms with Crippen LogP contribution in [0.1, 0.15) is 30.9 Å². The molecule has 2 amide bonds. The van der Waals surface area contributed by atoms with E-state index in [1.165, 1.54) is 12.5 Å². The molecule has 0 saturated carbocycles. The molecular weight excluding hydrogens is 326 g/mol. The zero-order valence-electron chi connectivity index (χ0n) is 15.1. The standard InChI is InChI=1S/C21H25N3O2/c1-16(25)23-19-10-5-9-18(13-19)14-22-21(26)20-11-6-12-24(20)15-17-7-3-2-4-8-17/h2-5,7-10,13,20H,6,11-12,14-15H2,1H3,(H,22,26)(H,23,25)/t20-/m1/s1. The highest BCUT2D eigenvalue weighted by Gasteiger charge is 2.30. The van der Waals surface area contributed by atoms with Gasteiger partial charge in [-0.2, -0.15) is 0 Å². The Bertz CT molecular complexity index is 761. The first-order valence-electron chi connectivity index (χ1n) is 9.04. The molecule has 3 rings (SSSR count). The van der Waals surface area contributed by atoms with Crippen molar-refractivity contribution in [3.05, 3.63) is 65.7 Å². The number of hydrogen-bond donors (Lipinski definition) is 2. The number of hydrogen-bond acceptors (Lipinski definition) is 3. The van der Waals surface area contributed by atoms with Crippen LogP contribution in [0.2, 0.25) is 0 Å². The number of benzene rings is 2. The normalized spacial score (nSPS) is 17.0. The Morgan fingerprint density at radius 1 is 1.08 bits per heavy atom. The van der Waals surface area contributed by atoms with Crippen molar-refractivity contribution in [2.75, 3.05) is 11.9 Å². The van der Waals surface area contributed by atoms with Gasteiger partial charge in [-0.05, 0) is 42.6 Å². The third-order valence-electron chi connectivity index (χ3n) is 4.61. The SMILES string of the molecule is CC(=O)Nc1cccc(CNC(=O)[C@H]2CCCN2Cc2ccccc2)c1. The topological polar surface area (TPSA) is 61.4 Å². The number of nitrogens with one attached hydrogen (secondary N) is 2. The molecule has 0 spiro atoms. The molecule has 0 unspecified atom stereocenters. The van der Waals surface area contributed by atoms with Crippen molar-refractivity contribution in [1.82, 2.24) is 10.2 Å². The third-order valence-corrected chi connectivity index (χ3v) is 4.61. The van der Waals surface area contributed by atoms with E-state index in [1.54, 1.807) is 0 Å². The summed E-state index contributed by atoms with van der Waals surface area (Å²) in [4.78, 5) is 26.1. The number of carbonyl (C=O) groups is 2. The van der Waals surface area contributed by atoms with Crippen LogP contribution in [0.3, 0.4) is 0 Å². The van der Waals surface area contributed by atoms with Gasteiger partial charge in [-0.1, -0.05) is 42.5 Å². The summed E-state index contributed by atoms with van der Waals surface area (Å²) < 4.78 is 0. The fraction of sp³-hybridized carbons (Fsp3) is 0.333. The minimum absolute atomic E-state index is 0.0726. The molecule has 1 atom stereocenters. The summed E-state index contributed by atoms with van der Waals surface area (Å²) in [6, 6.07) is 17.7. The maximum absolute atomic E-state index is 12.7. The van der Waals surface area contributed by atoms with Gasteiger partial charge in [0.15, 0.2) is 0 Å². The van der Waals surface area contributed by atoms with Crippen LogP contribution < -0.4 is 10.6 Å². The molecule has 0 aromatic heterocycles. The van der Waals surface area contributed by atoms with Gasteiger partial charge in [0, 0.05) is 25.7 Å². The number of nitrogens with zero attached hydrogens (tertiary/aromatic N) is 1. The van der Waals surface area contributed by atoms with Gasteiger partial charge in [-0.3, -0.25) is 14.5 Å². The van der Waals surface area contributed by atoms with Crippen LogP contribution >= 0.6 is 0 Å². The van der Waals surface area contributed by atoms with E-state index in [0.29, 0.717) is 6.54 Å². The van der Waals surface area contributed by atoms with Crippen molar-refractivity contribution >= 4 is 17.5 Å². The van der Waals surface area contributed by atoms with Crippen LogP contribution in [0.5, 0.6) is 0 Å². The van der Waals surface area contributed by atoms with Gasteiger partial charge in [0.2, 0.25) is 11.8 Å². The lowest BCUT2D eigenvalue weighted by atomic mass is 10.1. The molecule has 26 heavy (non-hydrogen) atoms. The van der Waals surface area contributed by atoms with Gasteiger partial charge in [0.05, 0.1) is 6.04 Å². The quantitative estimate of drug-likeness (QED) is 0.841. The average molecular weight is 351 g/mol. The van der Waals surface area contributed by atoms with E-state index >= 15 is 0 Å². The maximum Gasteiger partial charge on any atom is 0.237 e. The minimum Gasteiger partial charge on any atom is -0.351 e. The van der Waals surface area contributed by atoms with Crippen LogP contribution in [0.15, 0.2) is 54.6 Å². The van der Waals surface area contributed by atoms with E-state index in [4.69, 9.17) is 0 Å². The van der Waals surface area contributed by atoms with Gasteiger partial charge in [0.25, 0.3) is 0 Å². The van der Waals surface area contributed by atoms with Crippen LogP contribution in [-0.2, 0) is 22.7 Å². The second-order valence-corrected chi connectivity index (χ2v) is 6.71. The fourth-order valence-corrected chi connectivity index (χ4v) is 3.40. The Morgan fingerprint density at radius 3 is 2.62 bits per heavy atom. The Kier molecular flexibility index (Phi) is 6.02. The van der Waals surface area contributed by atoms with Crippen LogP contribution in [0.25, 0.3) is 0 Å². The number of rotatable bonds is 6. The molecule has 5 nitrogen and oxygen atoms in total. The summed E-state index contributed by atoms with van der Waals surface area (Å²) >= 11 is 0. The van der Waals surface area contributed by atoms with E-state index < -0.39 is 0 Å². The fourth-order valence-electron chi connectivity index (χ4n) is 3.40. The van der Waals surface area contributed by atoms with Gasteiger partial charge in [-0.25, -0.2) is 0 Å². The van der Waals surface area contributed by atoms with Crippen LogP contribution in [0.4, 0.5) is 5.69 Å². The van der Waals surface area contributed by atoms with Gasteiger partial charge in [-0.15, -0.1) is 0 Å². The van der Waals surface area contributed by atoms with Crippen LogP contribution in [0, 0.1) is 0 Å². The summed E-state index contributed by atoms with van der Waals surface area (Å²) in [5, 5.41) is 5.81. The number of carbonyl (C=O) groups excluding carboxylic acids is 2. The number of likely N-dealkylation sites (tertiary alicyclic amines) is 1. The summed E-state index contributed by atoms with van der Waals surface area (Å²) in [6.45, 7) is 3.69. The van der Waals surface area contributed by atoms with E-state index in [0.717, 1.165) is 37.2 Å². The van der Waals surface area contributed by atoms with E-state index in [9.17, 15) is 9.59 Å². The van der Waals surface area contributed by atoms with Crippen molar-refractivity contribution in [3.8, 4) is 0 Å². The van der Waals surface area contributed by atoms with Crippen molar-refractivity contribution in [3.63, 3.8) is 0 Å². The lowest BCUT2D eigenvalue weighted by Crippen LogP contribution is -2.42. The van der Waals surface area contributed by atoms with Crippen molar-refractivity contribution in [2.45, 2.75) is 38.9 Å². The summed E-state index contributed by atoms with van der Waals surface area (Å²) in [5.41, 5.74) is 2.95. The first-order valence-corrected chi connectivity index (χ1v) is 9.04. The van der Waals surface area contributed by atoms with Crippen molar-refractivity contribution < 1.29 is 9.59 Å². The highest BCUT2D eigenvalue weighted by Crippen LogP contribution is 2.20. The Hall–Kier alpha value is -2.66. The van der Waals surface area contributed by atoms with Crippen molar-refractivity contribution in [1.29, 1.82) is 0 Å². The lowest BCUT2D eigenvalue weighted by Gasteiger charge is -2.23. The lowest BCUT2D eigenvalue weighted by molar-refractivity contribution is -0.125. The molecule has 2 aromatic carbocycles. The molecule has 1 heterocycles. The maximum atomic E-state index is 12.7. The summed E-state index contributed by atoms with van der Waals surface area (Å²) in [7, 11) is 0. The molecule has 1 aliphatic heterocycles. The Balaban J connectivity index is 1.56. The molecule has 2 N–H and O–H groups in total. The Morgan fingerprint density at radius 2 is 1.85 bits per heavy atom. The number of anilines is 1. The summed E-state index contributed by atoms with van der Waals surface area (Å²) in [5.74, 6) is -0.0305. The number of amides is 2. The van der Waals surface area contributed by atoms with Gasteiger partial charge < -0.3 is 10.6 Å². The van der Waals surface area contributed by atoms with Crippen LogP contribution in [-0.4, -0.2) is 29.3 Å². The summed E-state index contributed by atoms with van der Waals surface area (Å²) in [6.07, 6.45) is 1.94. The first kappa shape index (κ1) is 18.1. The molecule has 0 bridgehead atoms. The predicted molar refractivity (Wildman–Crippen MR) is 102 cm³/mol. The van der Waals surface area contributed by atoms with E-state index in [-0.39, 0.29) is 17.9 Å². The highest BCUT2D eigenvalue weighted by molar-refractivity contribution is 5.88. The van der Waals surface area contributed by atoms with Gasteiger partial charge >= 0.3 is 0 Å². The predicted octanol–water partition coefficient (Wildman–Crippen LogP) is 2.93. The molecule has 5 heteroatoms. The zero-order chi connectivity index (χ0) is 18.4. The largest absolute Gasteiger partial charge is 0.351 e. The average Bonchev–Trinajstić information content (AvgIpc) is 3.08.